The van der Waals surface area contributed by atoms with Gasteiger partial charge in [-0.1, -0.05) is 24.3 Å². The summed E-state index contributed by atoms with van der Waals surface area (Å²) in [6, 6.07) is 8.46. The number of benzene rings is 1. The number of hydrogen-bond donors (Lipinski definition) is 1. The van der Waals surface area contributed by atoms with Crippen LogP contribution in [0.2, 0.25) is 0 Å². The Morgan fingerprint density at radius 3 is 2.09 bits per heavy atom. The molecule has 0 radical (unpaired) electrons. The molecule has 3 heteroatoms. The number of rotatable bonds is 4. The zero-order valence-corrected chi connectivity index (χ0v) is 13.4. The van der Waals surface area contributed by atoms with Gasteiger partial charge in [0.15, 0.2) is 0 Å². The number of aliphatic carboxylic acids is 1. The first-order valence-corrected chi connectivity index (χ1v) is 8.06. The average Bonchev–Trinajstić information content (AvgIpc) is 2.57. The summed E-state index contributed by atoms with van der Waals surface area (Å²) >= 11 is 0. The molecule has 118 valence electrons. The molecule has 0 saturated heterocycles. The molecule has 3 saturated carbocycles. The van der Waals surface area contributed by atoms with Gasteiger partial charge in [0.05, 0.1) is 5.60 Å². The highest BCUT2D eigenvalue weighted by Gasteiger charge is 2.49. The zero-order chi connectivity index (χ0) is 15.8. The third-order valence-electron chi connectivity index (χ3n) is 5.85. The standard InChI is InChI=1S/C19H24O3/c1-14(17(20)21)13-15-3-5-16(6-4-15)18-7-10-19(22-2,11-8-18)12-9-18/h3-6,13H,7-12H2,1-2H3,(H,20,21). The number of hydrogen-bond acceptors (Lipinski definition) is 2. The van der Waals surface area contributed by atoms with E-state index in [1.165, 1.54) is 24.8 Å². The van der Waals surface area contributed by atoms with Gasteiger partial charge in [-0.25, -0.2) is 4.79 Å². The largest absolute Gasteiger partial charge is 0.478 e. The second kappa shape index (κ2) is 5.54. The summed E-state index contributed by atoms with van der Waals surface area (Å²) < 4.78 is 5.77. The molecule has 2 bridgehead atoms. The van der Waals surface area contributed by atoms with E-state index in [1.807, 2.05) is 19.2 Å². The summed E-state index contributed by atoms with van der Waals surface area (Å²) in [6.07, 6.45) is 8.79. The van der Waals surface area contributed by atoms with Gasteiger partial charge in [0.2, 0.25) is 0 Å². The molecular weight excluding hydrogens is 276 g/mol. The Morgan fingerprint density at radius 1 is 1.09 bits per heavy atom. The first-order valence-electron chi connectivity index (χ1n) is 8.06. The van der Waals surface area contributed by atoms with Crippen molar-refractivity contribution in [1.82, 2.24) is 0 Å². The maximum Gasteiger partial charge on any atom is 0.331 e. The Labute approximate surface area is 132 Å². The summed E-state index contributed by atoms with van der Waals surface area (Å²) in [6.45, 7) is 1.63. The van der Waals surface area contributed by atoms with Crippen molar-refractivity contribution < 1.29 is 14.6 Å². The van der Waals surface area contributed by atoms with Crippen molar-refractivity contribution in [3.63, 3.8) is 0 Å². The predicted octanol–water partition coefficient (Wildman–Crippen LogP) is 4.17. The first kappa shape index (κ1) is 15.3. The van der Waals surface area contributed by atoms with Crippen LogP contribution in [0, 0.1) is 0 Å². The number of ether oxygens (including phenoxy) is 1. The molecule has 1 aromatic rings. The number of carbonyl (C=O) groups is 1. The minimum atomic E-state index is -0.863. The van der Waals surface area contributed by atoms with Crippen molar-refractivity contribution in [2.75, 3.05) is 7.11 Å². The average molecular weight is 300 g/mol. The predicted molar refractivity (Wildman–Crippen MR) is 86.8 cm³/mol. The maximum atomic E-state index is 10.9. The molecule has 22 heavy (non-hydrogen) atoms. The van der Waals surface area contributed by atoms with Crippen molar-refractivity contribution in [1.29, 1.82) is 0 Å². The van der Waals surface area contributed by atoms with Crippen LogP contribution in [-0.4, -0.2) is 23.8 Å². The molecule has 3 nitrogen and oxygen atoms in total. The van der Waals surface area contributed by atoms with Gasteiger partial charge in [0, 0.05) is 12.7 Å². The number of methoxy groups -OCH3 is 1. The highest BCUT2D eigenvalue weighted by atomic mass is 16.5. The molecule has 1 N–H and O–H groups in total. The minimum absolute atomic E-state index is 0.142. The van der Waals surface area contributed by atoms with Crippen LogP contribution in [0.5, 0.6) is 0 Å². The van der Waals surface area contributed by atoms with Crippen molar-refractivity contribution >= 4 is 12.0 Å². The van der Waals surface area contributed by atoms with Gasteiger partial charge in [-0.05, 0) is 68.1 Å². The summed E-state index contributed by atoms with van der Waals surface area (Å²) in [7, 11) is 1.85. The van der Waals surface area contributed by atoms with Crippen LogP contribution in [0.3, 0.4) is 0 Å². The Bertz CT molecular complexity index is 573. The van der Waals surface area contributed by atoms with E-state index in [0.29, 0.717) is 11.0 Å². The van der Waals surface area contributed by atoms with Crippen LogP contribution >= 0.6 is 0 Å². The number of carboxylic acid groups (broad SMARTS) is 1. The van der Waals surface area contributed by atoms with Crippen LogP contribution in [0.4, 0.5) is 0 Å². The highest BCUT2D eigenvalue weighted by molar-refractivity contribution is 5.91. The van der Waals surface area contributed by atoms with Gasteiger partial charge in [-0.2, -0.15) is 0 Å². The molecule has 1 aromatic carbocycles. The third kappa shape index (κ3) is 2.58. The quantitative estimate of drug-likeness (QED) is 0.849. The Morgan fingerprint density at radius 2 is 1.64 bits per heavy atom. The van der Waals surface area contributed by atoms with Crippen LogP contribution in [-0.2, 0) is 14.9 Å². The SMILES string of the molecule is COC12CCC(c3ccc(C=C(C)C(=O)O)cc3)(CC1)CC2. The number of fused-ring (bicyclic) bond motifs is 3. The molecule has 0 amide bonds. The summed E-state index contributed by atoms with van der Waals surface area (Å²) in [5, 5.41) is 8.95. The van der Waals surface area contributed by atoms with Gasteiger partial charge in [0.25, 0.3) is 0 Å². The molecule has 0 heterocycles. The molecule has 4 rings (SSSR count). The molecule has 0 aromatic heterocycles. The van der Waals surface area contributed by atoms with E-state index in [-0.39, 0.29) is 5.60 Å². The van der Waals surface area contributed by atoms with Crippen molar-refractivity contribution in [3.8, 4) is 0 Å². The first-order chi connectivity index (χ1) is 10.5. The lowest BCUT2D eigenvalue weighted by molar-refractivity contribution is -0.132. The highest BCUT2D eigenvalue weighted by Crippen LogP contribution is 2.54. The molecule has 3 aliphatic carbocycles. The molecule has 0 aliphatic heterocycles. The summed E-state index contributed by atoms with van der Waals surface area (Å²) in [5.74, 6) is -0.863. The van der Waals surface area contributed by atoms with E-state index in [2.05, 4.69) is 12.1 Å². The fourth-order valence-corrected chi connectivity index (χ4v) is 4.14. The molecular formula is C19H24O3. The lowest BCUT2D eigenvalue weighted by Crippen LogP contribution is -2.49. The Hall–Kier alpha value is -1.61. The van der Waals surface area contributed by atoms with Gasteiger partial charge < -0.3 is 9.84 Å². The maximum absolute atomic E-state index is 10.9. The summed E-state index contributed by atoms with van der Waals surface area (Å²) in [4.78, 5) is 10.9. The van der Waals surface area contributed by atoms with Crippen molar-refractivity contribution in [2.45, 2.75) is 56.5 Å². The van der Waals surface area contributed by atoms with Crippen LogP contribution < -0.4 is 0 Å². The fraction of sp³-hybridized carbons (Fsp3) is 0.526. The second-order valence-electron chi connectivity index (χ2n) is 6.92. The fourth-order valence-electron chi connectivity index (χ4n) is 4.14. The van der Waals surface area contributed by atoms with E-state index in [1.54, 1.807) is 13.0 Å². The van der Waals surface area contributed by atoms with Gasteiger partial charge in [0.1, 0.15) is 0 Å². The molecule has 0 atom stereocenters. The van der Waals surface area contributed by atoms with Crippen LogP contribution in [0.1, 0.15) is 56.6 Å². The minimum Gasteiger partial charge on any atom is -0.478 e. The normalized spacial score (nSPS) is 31.3. The third-order valence-corrected chi connectivity index (χ3v) is 5.85. The van der Waals surface area contributed by atoms with E-state index in [9.17, 15) is 4.79 Å². The number of carboxylic acids is 1. The van der Waals surface area contributed by atoms with E-state index in [0.717, 1.165) is 24.8 Å². The summed E-state index contributed by atoms with van der Waals surface area (Å²) in [5.41, 5.74) is 3.18. The molecule has 0 unspecified atom stereocenters. The monoisotopic (exact) mass is 300 g/mol. The topological polar surface area (TPSA) is 46.5 Å². The van der Waals surface area contributed by atoms with E-state index < -0.39 is 5.97 Å². The smallest absolute Gasteiger partial charge is 0.331 e. The molecule has 0 spiro atoms. The van der Waals surface area contributed by atoms with Crippen LogP contribution in [0.25, 0.3) is 6.08 Å². The molecule has 3 aliphatic rings. The second-order valence-corrected chi connectivity index (χ2v) is 6.92. The molecule has 3 fully saturated rings. The van der Waals surface area contributed by atoms with Gasteiger partial charge >= 0.3 is 5.97 Å². The zero-order valence-electron chi connectivity index (χ0n) is 13.4. The van der Waals surface area contributed by atoms with Crippen LogP contribution in [0.15, 0.2) is 29.8 Å². The van der Waals surface area contributed by atoms with Gasteiger partial charge in [-0.15, -0.1) is 0 Å². The van der Waals surface area contributed by atoms with E-state index in [4.69, 9.17) is 9.84 Å². The van der Waals surface area contributed by atoms with Crippen molar-refractivity contribution in [2.24, 2.45) is 0 Å². The Kier molecular flexibility index (Phi) is 3.85. The lowest BCUT2D eigenvalue weighted by Gasteiger charge is -2.53. The lowest BCUT2D eigenvalue weighted by atomic mass is 9.56. The van der Waals surface area contributed by atoms with Gasteiger partial charge in [-0.3, -0.25) is 0 Å². The Balaban J connectivity index is 1.80. The van der Waals surface area contributed by atoms with E-state index >= 15 is 0 Å². The van der Waals surface area contributed by atoms with Crippen molar-refractivity contribution in [3.05, 3.63) is 41.0 Å².